The lowest BCUT2D eigenvalue weighted by Gasteiger charge is -2.16. The summed E-state index contributed by atoms with van der Waals surface area (Å²) in [5.74, 6) is -1.00. The smallest absolute Gasteiger partial charge is 0.129 e. The van der Waals surface area contributed by atoms with E-state index < -0.39 is 11.6 Å². The van der Waals surface area contributed by atoms with Gasteiger partial charge in [0.1, 0.15) is 11.6 Å². The monoisotopic (exact) mass is 239 g/mol. The van der Waals surface area contributed by atoms with Crippen LogP contribution in [-0.2, 0) is 6.42 Å². The molecule has 0 amide bonds. The molecule has 3 heteroatoms. The van der Waals surface area contributed by atoms with Crippen molar-refractivity contribution in [3.63, 3.8) is 0 Å². The molecule has 1 atom stereocenters. The zero-order valence-corrected chi connectivity index (χ0v) is 10.4. The third kappa shape index (κ3) is 4.65. The Morgan fingerprint density at radius 1 is 1.41 bits per heavy atom. The van der Waals surface area contributed by atoms with E-state index in [2.05, 4.69) is 11.9 Å². The van der Waals surface area contributed by atoms with E-state index in [0.29, 0.717) is 12.0 Å². The fourth-order valence-corrected chi connectivity index (χ4v) is 1.72. The van der Waals surface area contributed by atoms with Gasteiger partial charge in [-0.05, 0) is 44.9 Å². The van der Waals surface area contributed by atoms with Crippen molar-refractivity contribution in [2.24, 2.45) is 0 Å². The topological polar surface area (TPSA) is 12.0 Å². The minimum atomic E-state index is -0.533. The predicted octanol–water partition coefficient (Wildman–Crippen LogP) is 3.45. The second-order valence-electron chi connectivity index (χ2n) is 4.42. The van der Waals surface area contributed by atoms with Crippen LogP contribution in [0.25, 0.3) is 0 Å². The van der Waals surface area contributed by atoms with E-state index in [4.69, 9.17) is 0 Å². The van der Waals surface area contributed by atoms with E-state index in [1.165, 1.54) is 12.1 Å². The summed E-state index contributed by atoms with van der Waals surface area (Å²) < 4.78 is 26.2. The average Bonchev–Trinajstić information content (AvgIpc) is 2.26. The molecule has 0 aromatic heterocycles. The van der Waals surface area contributed by atoms with Crippen LogP contribution < -0.4 is 5.32 Å². The maximum atomic E-state index is 13.5. The number of hydrogen-bond donors (Lipinski definition) is 1. The maximum absolute atomic E-state index is 13.5. The molecule has 1 nitrogen and oxygen atoms in total. The Labute approximate surface area is 102 Å². The Kier molecular flexibility index (Phi) is 5.29. The molecule has 94 valence electrons. The van der Waals surface area contributed by atoms with Crippen LogP contribution in [-0.4, -0.2) is 13.1 Å². The Bertz CT molecular complexity index is 388. The molecular weight excluding hydrogens is 220 g/mol. The summed E-state index contributed by atoms with van der Waals surface area (Å²) in [5, 5.41) is 3.15. The first-order valence-electron chi connectivity index (χ1n) is 5.78. The van der Waals surface area contributed by atoms with Gasteiger partial charge >= 0.3 is 0 Å². The summed E-state index contributed by atoms with van der Waals surface area (Å²) in [7, 11) is 1.85. The summed E-state index contributed by atoms with van der Waals surface area (Å²) in [6.07, 6.45) is 2.38. The number of rotatable bonds is 6. The average molecular weight is 239 g/mol. The van der Waals surface area contributed by atoms with Crippen molar-refractivity contribution in [2.75, 3.05) is 7.05 Å². The van der Waals surface area contributed by atoms with Crippen LogP contribution in [0.1, 0.15) is 25.3 Å². The molecule has 1 N–H and O–H groups in total. The Morgan fingerprint density at radius 2 is 2.12 bits per heavy atom. The Balaban J connectivity index is 2.63. The van der Waals surface area contributed by atoms with Gasteiger partial charge < -0.3 is 5.32 Å². The first-order valence-corrected chi connectivity index (χ1v) is 5.78. The molecule has 0 aliphatic rings. The normalized spacial score (nSPS) is 12.5. The van der Waals surface area contributed by atoms with Crippen LogP contribution in [0.3, 0.4) is 0 Å². The minimum Gasteiger partial charge on any atom is -0.317 e. The van der Waals surface area contributed by atoms with Crippen molar-refractivity contribution in [2.45, 2.75) is 32.2 Å². The summed E-state index contributed by atoms with van der Waals surface area (Å²) >= 11 is 0. The molecule has 0 heterocycles. The van der Waals surface area contributed by atoms with Crippen molar-refractivity contribution in [3.05, 3.63) is 47.5 Å². The second-order valence-corrected chi connectivity index (χ2v) is 4.42. The summed E-state index contributed by atoms with van der Waals surface area (Å²) in [6.45, 7) is 5.82. The van der Waals surface area contributed by atoms with Gasteiger partial charge in [-0.25, -0.2) is 8.78 Å². The maximum Gasteiger partial charge on any atom is 0.129 e. The van der Waals surface area contributed by atoms with Crippen LogP contribution in [0, 0.1) is 11.6 Å². The molecule has 0 saturated carbocycles. The molecule has 1 aromatic rings. The van der Waals surface area contributed by atoms with Crippen molar-refractivity contribution in [3.8, 4) is 0 Å². The predicted molar refractivity (Wildman–Crippen MR) is 67.0 cm³/mol. The van der Waals surface area contributed by atoms with Crippen LogP contribution in [0.5, 0.6) is 0 Å². The van der Waals surface area contributed by atoms with Gasteiger partial charge in [-0.2, -0.15) is 0 Å². The Morgan fingerprint density at radius 3 is 2.65 bits per heavy atom. The van der Waals surface area contributed by atoms with Crippen LogP contribution in [0.4, 0.5) is 8.78 Å². The van der Waals surface area contributed by atoms with E-state index in [-0.39, 0.29) is 6.04 Å². The summed E-state index contributed by atoms with van der Waals surface area (Å²) in [4.78, 5) is 0. The molecular formula is C14H19F2N. The number of halogens is 2. The van der Waals surface area contributed by atoms with Crippen LogP contribution in [0.15, 0.2) is 30.4 Å². The first kappa shape index (κ1) is 13.8. The molecule has 0 aliphatic heterocycles. The van der Waals surface area contributed by atoms with Crippen molar-refractivity contribution >= 4 is 0 Å². The van der Waals surface area contributed by atoms with Gasteiger partial charge in [-0.15, -0.1) is 6.58 Å². The molecule has 1 aromatic carbocycles. The van der Waals surface area contributed by atoms with Crippen LogP contribution >= 0.6 is 0 Å². The third-order valence-corrected chi connectivity index (χ3v) is 2.81. The lowest BCUT2D eigenvalue weighted by molar-refractivity contribution is 0.500. The highest BCUT2D eigenvalue weighted by atomic mass is 19.1. The highest BCUT2D eigenvalue weighted by Crippen LogP contribution is 2.14. The molecule has 0 radical (unpaired) electrons. The van der Waals surface area contributed by atoms with Crippen molar-refractivity contribution in [1.29, 1.82) is 0 Å². The number of likely N-dealkylation sites (N-methyl/N-ethyl adjacent to an activating group) is 1. The van der Waals surface area contributed by atoms with Gasteiger partial charge in [0.2, 0.25) is 0 Å². The first-order chi connectivity index (χ1) is 8.02. The number of benzene rings is 1. The zero-order valence-electron chi connectivity index (χ0n) is 10.4. The second kappa shape index (κ2) is 6.50. The van der Waals surface area contributed by atoms with Gasteiger partial charge in [0, 0.05) is 12.1 Å². The van der Waals surface area contributed by atoms with Crippen molar-refractivity contribution in [1.82, 2.24) is 5.32 Å². The highest BCUT2D eigenvalue weighted by molar-refractivity contribution is 5.19. The van der Waals surface area contributed by atoms with E-state index in [1.807, 2.05) is 14.0 Å². The van der Waals surface area contributed by atoms with Gasteiger partial charge in [-0.3, -0.25) is 0 Å². The number of nitrogens with one attached hydrogen (secondary N) is 1. The molecule has 0 fully saturated rings. The molecule has 1 rings (SSSR count). The van der Waals surface area contributed by atoms with E-state index >= 15 is 0 Å². The number of allylic oxidation sites excluding steroid dienone is 1. The molecule has 0 spiro atoms. The molecule has 0 saturated heterocycles. The summed E-state index contributed by atoms with van der Waals surface area (Å²) in [5.41, 5.74) is 1.66. The lowest BCUT2D eigenvalue weighted by atomic mass is 10.00. The molecule has 1 unspecified atom stereocenters. The SMILES string of the molecule is C=C(C)CCC(Cc1ccc(F)cc1F)NC. The minimum absolute atomic E-state index is 0.187. The molecule has 17 heavy (non-hydrogen) atoms. The fraction of sp³-hybridized carbons (Fsp3) is 0.429. The molecule has 0 bridgehead atoms. The van der Waals surface area contributed by atoms with Gasteiger partial charge in [0.15, 0.2) is 0 Å². The fourth-order valence-electron chi connectivity index (χ4n) is 1.72. The number of hydrogen-bond acceptors (Lipinski definition) is 1. The Hall–Kier alpha value is -1.22. The van der Waals surface area contributed by atoms with Gasteiger partial charge in [0.05, 0.1) is 0 Å². The van der Waals surface area contributed by atoms with E-state index in [1.54, 1.807) is 0 Å². The van der Waals surface area contributed by atoms with Crippen LogP contribution in [0.2, 0.25) is 0 Å². The van der Waals surface area contributed by atoms with Crippen molar-refractivity contribution < 1.29 is 8.78 Å². The van der Waals surface area contributed by atoms with Gasteiger partial charge in [-0.1, -0.05) is 11.6 Å². The molecule has 0 aliphatic carbocycles. The van der Waals surface area contributed by atoms with Gasteiger partial charge in [0.25, 0.3) is 0 Å². The lowest BCUT2D eigenvalue weighted by Crippen LogP contribution is -2.28. The largest absolute Gasteiger partial charge is 0.317 e. The third-order valence-electron chi connectivity index (χ3n) is 2.81. The van der Waals surface area contributed by atoms with E-state index in [9.17, 15) is 8.78 Å². The standard InChI is InChI=1S/C14H19F2N/c1-10(2)4-7-13(17-3)8-11-5-6-12(15)9-14(11)16/h5-6,9,13,17H,1,4,7-8H2,2-3H3. The van der Waals surface area contributed by atoms with E-state index in [0.717, 1.165) is 24.5 Å². The quantitative estimate of drug-likeness (QED) is 0.750. The summed E-state index contributed by atoms with van der Waals surface area (Å²) in [6, 6.07) is 3.92. The zero-order chi connectivity index (χ0) is 12.8. The highest BCUT2D eigenvalue weighted by Gasteiger charge is 2.11.